The number of fused-ring (bicyclic) bond motifs is 8. The molecule has 0 fully saturated rings. The summed E-state index contributed by atoms with van der Waals surface area (Å²) in [6.07, 6.45) is 5.97. The van der Waals surface area contributed by atoms with Crippen LogP contribution in [0.5, 0.6) is 0 Å². The lowest BCUT2D eigenvalue weighted by Crippen LogP contribution is -2.10. The van der Waals surface area contributed by atoms with Gasteiger partial charge in [0.25, 0.3) is 0 Å². The van der Waals surface area contributed by atoms with Crippen molar-refractivity contribution in [3.05, 3.63) is 310 Å². The topological polar surface area (TPSA) is 18.0 Å². The van der Waals surface area contributed by atoms with Crippen LogP contribution in [0.3, 0.4) is 0 Å². The summed E-state index contributed by atoms with van der Waals surface area (Å²) in [6.45, 7) is 3.96. The van der Waals surface area contributed by atoms with E-state index in [4.69, 9.17) is 0 Å². The average molecular weight is 1020 g/mol. The van der Waals surface area contributed by atoms with Crippen LogP contribution in [0.1, 0.15) is 5.69 Å². The number of aromatic nitrogens is 3. The van der Waals surface area contributed by atoms with Crippen molar-refractivity contribution >= 4 is 88.4 Å². The Bertz CT molecular complexity index is 4870. The predicted octanol–water partition coefficient (Wildman–Crippen LogP) is 20.6. The Balaban J connectivity index is 0.854. The second kappa shape index (κ2) is 19.4. The molecule has 0 bridgehead atoms. The molecule has 0 aliphatic carbocycles. The molecule has 0 spiro atoms. The summed E-state index contributed by atoms with van der Waals surface area (Å²) in [4.78, 5) is 2.42. The van der Waals surface area contributed by atoms with Gasteiger partial charge in [-0.05, 0) is 160 Å². The third-order valence-corrected chi connectivity index (χ3v) is 16.0. The lowest BCUT2D eigenvalue weighted by atomic mass is 9.95. The van der Waals surface area contributed by atoms with E-state index in [0.29, 0.717) is 0 Å². The SMILES string of the molecule is C=C/C=C\c1cc2cc(-c3ccc(N(c4ccc(-c5ccc6c(c5)c5ccccc5n6-c5ccccc5)cc4)c4ccc(-c5ccc6c7ccccc7n(-c7ccccc7)c6c5)cc4)c4ccccc34)ccc2n1-c1ccccc1. The van der Waals surface area contributed by atoms with Crippen molar-refractivity contribution in [3.63, 3.8) is 0 Å². The van der Waals surface area contributed by atoms with E-state index in [1.54, 1.807) is 0 Å². The van der Waals surface area contributed by atoms with E-state index in [-0.39, 0.29) is 0 Å². The predicted molar refractivity (Wildman–Crippen MR) is 340 cm³/mol. The van der Waals surface area contributed by atoms with Crippen molar-refractivity contribution in [1.82, 2.24) is 13.7 Å². The molecule has 15 aromatic rings. The van der Waals surface area contributed by atoms with Gasteiger partial charge in [-0.15, -0.1) is 0 Å². The minimum Gasteiger partial charge on any atom is -0.310 e. The van der Waals surface area contributed by atoms with Crippen LogP contribution in [0.15, 0.2) is 304 Å². The van der Waals surface area contributed by atoms with Crippen LogP contribution in [0.25, 0.3) is 122 Å². The maximum absolute atomic E-state index is 3.96. The number of rotatable bonds is 11. The molecule has 0 saturated carbocycles. The van der Waals surface area contributed by atoms with E-state index in [1.807, 2.05) is 12.2 Å². The van der Waals surface area contributed by atoms with E-state index in [2.05, 4.69) is 316 Å². The van der Waals surface area contributed by atoms with Gasteiger partial charge >= 0.3 is 0 Å². The monoisotopic (exact) mass is 1020 g/mol. The lowest BCUT2D eigenvalue weighted by molar-refractivity contribution is 1.11. The van der Waals surface area contributed by atoms with Crippen LogP contribution in [0.2, 0.25) is 0 Å². The Morgan fingerprint density at radius 2 is 0.762 bits per heavy atom. The highest BCUT2D eigenvalue weighted by molar-refractivity contribution is 6.12. The van der Waals surface area contributed by atoms with Crippen LogP contribution in [-0.2, 0) is 0 Å². The summed E-state index contributed by atoms with van der Waals surface area (Å²) < 4.78 is 7.08. The van der Waals surface area contributed by atoms with Crippen molar-refractivity contribution in [2.75, 3.05) is 4.90 Å². The van der Waals surface area contributed by atoms with Gasteiger partial charge in [-0.1, -0.05) is 189 Å². The number of allylic oxidation sites excluding steroid dienone is 2. The fourth-order valence-corrected chi connectivity index (χ4v) is 12.3. The molecular weight excluding hydrogens is 969 g/mol. The normalized spacial score (nSPS) is 11.8. The van der Waals surface area contributed by atoms with Gasteiger partial charge in [0.15, 0.2) is 0 Å². The Morgan fingerprint density at radius 1 is 0.300 bits per heavy atom. The number of hydrogen-bond acceptors (Lipinski definition) is 1. The summed E-state index contributed by atoms with van der Waals surface area (Å²) in [6, 6.07) is 104. The number of hydrogen-bond donors (Lipinski definition) is 0. The first-order chi connectivity index (χ1) is 39.6. The van der Waals surface area contributed by atoms with Crippen LogP contribution in [-0.4, -0.2) is 13.7 Å². The van der Waals surface area contributed by atoms with E-state index < -0.39 is 0 Å². The second-order valence-corrected chi connectivity index (χ2v) is 20.6. The number of para-hydroxylation sites is 5. The molecule has 0 amide bonds. The average Bonchev–Trinajstić information content (AvgIpc) is 4.24. The summed E-state index contributed by atoms with van der Waals surface area (Å²) in [5.41, 5.74) is 20.7. The molecule has 3 heterocycles. The van der Waals surface area contributed by atoms with Gasteiger partial charge in [0.05, 0.1) is 33.3 Å². The third kappa shape index (κ3) is 7.84. The molecule has 0 unspecified atom stereocenters. The van der Waals surface area contributed by atoms with Crippen molar-refractivity contribution in [2.45, 2.75) is 0 Å². The lowest BCUT2D eigenvalue weighted by Gasteiger charge is -2.28. The Hall–Kier alpha value is -10.7. The zero-order valence-electron chi connectivity index (χ0n) is 43.9. The first-order valence-electron chi connectivity index (χ1n) is 27.4. The van der Waals surface area contributed by atoms with Crippen LogP contribution in [0, 0.1) is 0 Å². The molecule has 0 atom stereocenters. The maximum atomic E-state index is 3.96. The van der Waals surface area contributed by atoms with E-state index in [0.717, 1.165) is 67.4 Å². The molecule has 0 aliphatic rings. The Kier molecular flexibility index (Phi) is 11.3. The molecule has 0 saturated heterocycles. The van der Waals surface area contributed by atoms with Crippen molar-refractivity contribution in [1.29, 1.82) is 0 Å². The highest BCUT2D eigenvalue weighted by atomic mass is 15.1. The summed E-state index contributed by atoms with van der Waals surface area (Å²) in [7, 11) is 0. The fourth-order valence-electron chi connectivity index (χ4n) is 12.3. The number of benzene rings is 12. The molecule has 4 nitrogen and oxygen atoms in total. The van der Waals surface area contributed by atoms with Crippen molar-refractivity contribution in [2.24, 2.45) is 0 Å². The molecule has 4 heteroatoms. The zero-order chi connectivity index (χ0) is 53.1. The minimum atomic E-state index is 1.07. The van der Waals surface area contributed by atoms with Gasteiger partial charge in [-0.3, -0.25) is 0 Å². The molecule has 80 heavy (non-hydrogen) atoms. The second-order valence-electron chi connectivity index (χ2n) is 20.6. The third-order valence-electron chi connectivity index (χ3n) is 16.0. The number of nitrogens with zero attached hydrogens (tertiary/aromatic N) is 4. The van der Waals surface area contributed by atoms with E-state index in [1.165, 1.54) is 71.1 Å². The highest BCUT2D eigenvalue weighted by Crippen LogP contribution is 2.45. The van der Waals surface area contributed by atoms with Gasteiger partial charge in [-0.25, -0.2) is 0 Å². The zero-order valence-corrected chi connectivity index (χ0v) is 43.9. The highest BCUT2D eigenvalue weighted by Gasteiger charge is 2.21. The Labute approximate surface area is 464 Å². The molecule has 3 aromatic heterocycles. The quantitative estimate of drug-likeness (QED) is 0.118. The summed E-state index contributed by atoms with van der Waals surface area (Å²) in [5, 5.41) is 8.48. The van der Waals surface area contributed by atoms with Crippen molar-refractivity contribution in [3.8, 4) is 50.4 Å². The van der Waals surface area contributed by atoms with E-state index in [9.17, 15) is 0 Å². The van der Waals surface area contributed by atoms with Crippen molar-refractivity contribution < 1.29 is 0 Å². The molecule has 0 aliphatic heterocycles. The largest absolute Gasteiger partial charge is 0.310 e. The van der Waals surface area contributed by atoms with Gasteiger partial charge in [0, 0.05) is 66.4 Å². The molecule has 15 rings (SSSR count). The standard InChI is InChI=1S/C76H52N4/c1-2-3-19-63-49-57-48-56(38-45-71(57)78(63)58-20-7-4-8-21-58)64-44-47-74(66-27-14-13-26-65(64)66)77(61-39-32-52(33-40-61)54-37-46-75-70(50-54)68-29-16-18-31-73(68)79(75)59-22-9-5-10-23-59)62-41-34-53(35-42-62)55-36-43-69-67-28-15-17-30-72(67)80(76(69)51-55)60-24-11-6-12-25-60/h2-51H,1H2/b19-3-. The summed E-state index contributed by atoms with van der Waals surface area (Å²) >= 11 is 0. The first-order valence-corrected chi connectivity index (χ1v) is 27.4. The van der Waals surface area contributed by atoms with E-state index >= 15 is 0 Å². The molecule has 12 aromatic carbocycles. The molecule has 0 radical (unpaired) electrons. The number of anilines is 3. The van der Waals surface area contributed by atoms with Crippen LogP contribution >= 0.6 is 0 Å². The first kappa shape index (κ1) is 46.6. The smallest absolute Gasteiger partial charge is 0.0547 e. The molecule has 0 N–H and O–H groups in total. The van der Waals surface area contributed by atoms with Gasteiger partial charge in [0.2, 0.25) is 0 Å². The maximum Gasteiger partial charge on any atom is 0.0547 e. The van der Waals surface area contributed by atoms with Crippen LogP contribution < -0.4 is 4.90 Å². The summed E-state index contributed by atoms with van der Waals surface area (Å²) in [5.74, 6) is 0. The molecule has 376 valence electrons. The van der Waals surface area contributed by atoms with Gasteiger partial charge in [-0.2, -0.15) is 0 Å². The van der Waals surface area contributed by atoms with Gasteiger partial charge < -0.3 is 18.6 Å². The fraction of sp³-hybridized carbons (Fsp3) is 0. The minimum absolute atomic E-state index is 1.07. The molecular formula is C76H52N4. The van der Waals surface area contributed by atoms with Gasteiger partial charge in [0.1, 0.15) is 0 Å². The van der Waals surface area contributed by atoms with Crippen LogP contribution in [0.4, 0.5) is 17.1 Å². The Morgan fingerprint density at radius 3 is 1.39 bits per heavy atom.